The molecule has 0 amide bonds. The molecule has 4 aromatic rings. The maximum Gasteiger partial charge on any atom is 0.193 e. The lowest BCUT2D eigenvalue weighted by Gasteiger charge is -2.33. The van der Waals surface area contributed by atoms with Gasteiger partial charge in [0.25, 0.3) is 0 Å². The van der Waals surface area contributed by atoms with E-state index >= 15 is 0 Å². The highest BCUT2D eigenvalue weighted by Gasteiger charge is 2.30. The van der Waals surface area contributed by atoms with Crippen LogP contribution in [-0.2, 0) is 13.1 Å². The van der Waals surface area contributed by atoms with Gasteiger partial charge in [0.05, 0.1) is 30.5 Å². The minimum atomic E-state index is 0.130. The standard InChI is InChI=1S/C22H22BrN5O2S/c1-13-20-25-26-21(22-24-17-7-5-15(23)10-19(17)31-22)28(20)9-8-27(13)12-14-4-6-16(29-2)11-18(14)30-3/h4-7,10-11,13H,8-9,12H2,1-3H3/t13-/m1/s1. The SMILES string of the molecule is COc1ccc(CN2CCn3c(-c4nc5ccc(Br)cc5s4)nnc3[C@H]2C)c(OC)c1. The van der Waals surface area contributed by atoms with Crippen LogP contribution in [0.25, 0.3) is 21.0 Å². The average Bonchev–Trinajstić information content (AvgIpc) is 3.39. The molecule has 0 saturated heterocycles. The van der Waals surface area contributed by atoms with Crippen molar-refractivity contribution in [3.8, 4) is 22.3 Å². The Morgan fingerprint density at radius 3 is 2.77 bits per heavy atom. The quantitative estimate of drug-likeness (QED) is 0.388. The number of benzene rings is 2. The molecule has 5 rings (SSSR count). The molecule has 3 heterocycles. The Morgan fingerprint density at radius 2 is 1.97 bits per heavy atom. The minimum absolute atomic E-state index is 0.130. The molecular weight excluding hydrogens is 478 g/mol. The summed E-state index contributed by atoms with van der Waals surface area (Å²) in [5.41, 5.74) is 2.11. The van der Waals surface area contributed by atoms with Gasteiger partial charge in [-0.05, 0) is 31.2 Å². The Balaban J connectivity index is 1.42. The summed E-state index contributed by atoms with van der Waals surface area (Å²) in [6.45, 7) is 4.66. The molecule has 7 nitrogen and oxygen atoms in total. The Labute approximate surface area is 192 Å². The van der Waals surface area contributed by atoms with Crippen molar-refractivity contribution in [2.75, 3.05) is 20.8 Å². The molecule has 9 heteroatoms. The van der Waals surface area contributed by atoms with Crippen molar-refractivity contribution in [3.05, 3.63) is 52.3 Å². The monoisotopic (exact) mass is 499 g/mol. The molecule has 1 atom stereocenters. The van der Waals surface area contributed by atoms with Gasteiger partial charge in [0.15, 0.2) is 16.7 Å². The zero-order chi connectivity index (χ0) is 21.5. The number of methoxy groups -OCH3 is 2. The fourth-order valence-corrected chi connectivity index (χ4v) is 5.51. The van der Waals surface area contributed by atoms with E-state index in [1.807, 2.05) is 24.3 Å². The van der Waals surface area contributed by atoms with Crippen molar-refractivity contribution in [1.82, 2.24) is 24.6 Å². The average molecular weight is 500 g/mol. The van der Waals surface area contributed by atoms with Gasteiger partial charge in [0, 0.05) is 35.7 Å². The van der Waals surface area contributed by atoms with Gasteiger partial charge in [-0.2, -0.15) is 0 Å². The van der Waals surface area contributed by atoms with E-state index in [9.17, 15) is 0 Å². The third kappa shape index (κ3) is 3.71. The highest BCUT2D eigenvalue weighted by atomic mass is 79.9. The lowest BCUT2D eigenvalue weighted by Crippen LogP contribution is -2.36. The van der Waals surface area contributed by atoms with Gasteiger partial charge in [0.2, 0.25) is 0 Å². The zero-order valence-corrected chi connectivity index (χ0v) is 19.9. The Bertz CT molecular complexity index is 1250. The van der Waals surface area contributed by atoms with E-state index in [0.29, 0.717) is 0 Å². The van der Waals surface area contributed by atoms with Crippen LogP contribution >= 0.6 is 27.3 Å². The number of ether oxygens (including phenoxy) is 2. The number of halogens is 1. The Hall–Kier alpha value is -2.49. The van der Waals surface area contributed by atoms with E-state index in [4.69, 9.17) is 14.5 Å². The van der Waals surface area contributed by atoms with E-state index in [-0.39, 0.29) is 6.04 Å². The van der Waals surface area contributed by atoms with Crippen molar-refractivity contribution >= 4 is 37.5 Å². The topological polar surface area (TPSA) is 65.3 Å². The van der Waals surface area contributed by atoms with Crippen LogP contribution in [0, 0.1) is 0 Å². The second-order valence-electron chi connectivity index (χ2n) is 7.49. The number of aromatic nitrogens is 4. The Morgan fingerprint density at radius 1 is 1.10 bits per heavy atom. The van der Waals surface area contributed by atoms with Gasteiger partial charge >= 0.3 is 0 Å². The molecule has 1 aliphatic heterocycles. The maximum absolute atomic E-state index is 5.58. The molecule has 2 aromatic carbocycles. The largest absolute Gasteiger partial charge is 0.497 e. The van der Waals surface area contributed by atoms with Crippen LogP contribution < -0.4 is 9.47 Å². The fourth-order valence-electron chi connectivity index (χ4n) is 4.00. The highest BCUT2D eigenvalue weighted by Crippen LogP contribution is 2.35. The van der Waals surface area contributed by atoms with Gasteiger partial charge in [-0.25, -0.2) is 4.98 Å². The first-order valence-electron chi connectivity index (χ1n) is 10.0. The predicted molar refractivity (Wildman–Crippen MR) is 125 cm³/mol. The molecule has 160 valence electrons. The summed E-state index contributed by atoms with van der Waals surface area (Å²) in [7, 11) is 3.35. The molecule has 2 aromatic heterocycles. The van der Waals surface area contributed by atoms with Crippen LogP contribution in [0.1, 0.15) is 24.4 Å². The lowest BCUT2D eigenvalue weighted by molar-refractivity contribution is 0.155. The number of thiazole rings is 1. The van der Waals surface area contributed by atoms with E-state index in [1.54, 1.807) is 25.6 Å². The molecular formula is C22H22BrN5O2S. The summed E-state index contributed by atoms with van der Waals surface area (Å²) in [6.07, 6.45) is 0. The summed E-state index contributed by atoms with van der Waals surface area (Å²) in [5.74, 6) is 3.44. The van der Waals surface area contributed by atoms with Gasteiger partial charge in [-0.15, -0.1) is 21.5 Å². The molecule has 0 radical (unpaired) electrons. The van der Waals surface area contributed by atoms with Crippen molar-refractivity contribution in [2.24, 2.45) is 0 Å². The van der Waals surface area contributed by atoms with Gasteiger partial charge in [0.1, 0.15) is 11.5 Å². The summed E-state index contributed by atoms with van der Waals surface area (Å²) in [4.78, 5) is 7.18. The normalized spacial score (nSPS) is 16.5. The predicted octanol–water partition coefficient (Wildman–Crippen LogP) is 4.91. The number of hydrogen-bond donors (Lipinski definition) is 0. The third-order valence-corrected chi connectivity index (χ3v) is 7.23. The molecule has 0 unspecified atom stereocenters. The van der Waals surface area contributed by atoms with Gasteiger partial charge < -0.3 is 14.0 Å². The molecule has 0 spiro atoms. The molecule has 0 bridgehead atoms. The summed E-state index contributed by atoms with van der Waals surface area (Å²) >= 11 is 5.18. The number of nitrogens with zero attached hydrogens (tertiary/aromatic N) is 5. The van der Waals surface area contributed by atoms with Crippen LogP contribution in [0.5, 0.6) is 11.5 Å². The summed E-state index contributed by atoms with van der Waals surface area (Å²) in [6, 6.07) is 12.2. The first-order valence-corrected chi connectivity index (χ1v) is 11.6. The highest BCUT2D eigenvalue weighted by molar-refractivity contribution is 9.10. The first kappa shape index (κ1) is 20.4. The number of hydrogen-bond acceptors (Lipinski definition) is 7. The molecule has 0 aliphatic carbocycles. The second kappa shape index (κ2) is 8.22. The summed E-state index contributed by atoms with van der Waals surface area (Å²) < 4.78 is 15.3. The van der Waals surface area contributed by atoms with E-state index in [1.165, 1.54) is 0 Å². The number of rotatable bonds is 5. The van der Waals surface area contributed by atoms with Crippen LogP contribution in [0.2, 0.25) is 0 Å². The first-order chi connectivity index (χ1) is 15.1. The van der Waals surface area contributed by atoms with Crippen LogP contribution in [0.15, 0.2) is 40.9 Å². The van der Waals surface area contributed by atoms with E-state index < -0.39 is 0 Å². The van der Waals surface area contributed by atoms with Crippen LogP contribution in [-0.4, -0.2) is 45.4 Å². The van der Waals surface area contributed by atoms with E-state index in [2.05, 4.69) is 54.7 Å². The van der Waals surface area contributed by atoms with Crippen LogP contribution in [0.3, 0.4) is 0 Å². The van der Waals surface area contributed by atoms with Gasteiger partial charge in [-0.3, -0.25) is 4.90 Å². The van der Waals surface area contributed by atoms with E-state index in [0.717, 1.165) is 68.0 Å². The maximum atomic E-state index is 5.58. The van der Waals surface area contributed by atoms with Crippen molar-refractivity contribution < 1.29 is 9.47 Å². The molecule has 0 N–H and O–H groups in total. The van der Waals surface area contributed by atoms with Crippen molar-refractivity contribution in [3.63, 3.8) is 0 Å². The van der Waals surface area contributed by atoms with Crippen molar-refractivity contribution in [1.29, 1.82) is 0 Å². The third-order valence-electron chi connectivity index (χ3n) is 5.72. The van der Waals surface area contributed by atoms with Crippen LogP contribution in [0.4, 0.5) is 0 Å². The molecule has 31 heavy (non-hydrogen) atoms. The minimum Gasteiger partial charge on any atom is -0.497 e. The molecule has 1 aliphatic rings. The second-order valence-corrected chi connectivity index (χ2v) is 9.44. The molecule has 0 saturated carbocycles. The van der Waals surface area contributed by atoms with Gasteiger partial charge in [-0.1, -0.05) is 22.0 Å². The lowest BCUT2D eigenvalue weighted by atomic mass is 10.1. The smallest absolute Gasteiger partial charge is 0.193 e. The summed E-state index contributed by atoms with van der Waals surface area (Å²) in [5, 5.41) is 9.96. The Kier molecular flexibility index (Phi) is 5.41. The fraction of sp³-hybridized carbons (Fsp3) is 0.318. The number of fused-ring (bicyclic) bond motifs is 2. The molecule has 0 fully saturated rings. The van der Waals surface area contributed by atoms with Crippen molar-refractivity contribution in [2.45, 2.75) is 26.1 Å². The zero-order valence-electron chi connectivity index (χ0n) is 17.5.